The number of anilines is 1. The van der Waals surface area contributed by atoms with Crippen LogP contribution in [0.1, 0.15) is 34.0 Å². The Kier molecular flexibility index (Phi) is 2.55. The van der Waals surface area contributed by atoms with Crippen molar-refractivity contribution in [3.63, 3.8) is 0 Å². The van der Waals surface area contributed by atoms with Gasteiger partial charge in [0.15, 0.2) is 0 Å². The number of hydrogen-bond acceptors (Lipinski definition) is 5. The van der Waals surface area contributed by atoms with Crippen LogP contribution in [0.3, 0.4) is 0 Å². The maximum absolute atomic E-state index is 12.3. The molecule has 3 rings (SSSR count). The largest absolute Gasteiger partial charge is 0.366 e. The van der Waals surface area contributed by atoms with Gasteiger partial charge in [-0.25, -0.2) is 0 Å². The molecule has 1 atom stereocenters. The predicted molar refractivity (Wildman–Crippen MR) is 68.3 cm³/mol. The summed E-state index contributed by atoms with van der Waals surface area (Å²) in [5.74, 6) is 0.154. The van der Waals surface area contributed by atoms with Crippen molar-refractivity contribution in [3.05, 3.63) is 27.7 Å². The highest BCUT2D eigenvalue weighted by Gasteiger charge is 2.30. The lowest BCUT2D eigenvalue weighted by molar-refractivity contribution is 0.0667. The van der Waals surface area contributed by atoms with Crippen LogP contribution in [0.4, 0.5) is 5.95 Å². The number of thiophene rings is 1. The van der Waals surface area contributed by atoms with Crippen LogP contribution in [0.25, 0.3) is 0 Å². The summed E-state index contributed by atoms with van der Waals surface area (Å²) in [6.07, 6.45) is 0.896. The number of nitrogens with zero attached hydrogens (tertiary/aromatic N) is 3. The molecule has 0 aliphatic carbocycles. The Morgan fingerprint density at radius 3 is 3.22 bits per heavy atom. The number of amides is 1. The second-order valence-electron chi connectivity index (χ2n) is 4.27. The van der Waals surface area contributed by atoms with E-state index in [1.54, 1.807) is 16.2 Å². The number of fused-ring (bicyclic) bond motifs is 1. The maximum atomic E-state index is 12.3. The lowest BCUT2D eigenvalue weighted by Crippen LogP contribution is -2.38. The van der Waals surface area contributed by atoms with Crippen LogP contribution in [0.5, 0.6) is 0 Å². The van der Waals surface area contributed by atoms with Gasteiger partial charge in [0, 0.05) is 11.4 Å². The van der Waals surface area contributed by atoms with Crippen molar-refractivity contribution in [2.75, 3.05) is 12.3 Å². The van der Waals surface area contributed by atoms with Gasteiger partial charge in [-0.1, -0.05) is 0 Å². The van der Waals surface area contributed by atoms with Crippen LogP contribution >= 0.6 is 11.3 Å². The zero-order valence-corrected chi connectivity index (χ0v) is 10.7. The summed E-state index contributed by atoms with van der Waals surface area (Å²) >= 11 is 1.75. The van der Waals surface area contributed by atoms with Crippen molar-refractivity contribution in [2.24, 2.45) is 0 Å². The number of aromatic amines is 1. The molecule has 1 unspecified atom stereocenters. The SMILES string of the molecule is CC1c2ccsc2CCN1C(=O)c1nc(N)n[nH]1. The fraction of sp³-hybridized carbons (Fsp3) is 0.364. The summed E-state index contributed by atoms with van der Waals surface area (Å²) in [6, 6.07) is 2.15. The first kappa shape index (κ1) is 11.2. The molecule has 1 aliphatic heterocycles. The number of hydrogen-bond donors (Lipinski definition) is 2. The smallest absolute Gasteiger partial charge is 0.291 e. The van der Waals surface area contributed by atoms with Gasteiger partial charge >= 0.3 is 0 Å². The molecule has 0 radical (unpaired) electrons. The Labute approximate surface area is 108 Å². The van der Waals surface area contributed by atoms with E-state index in [4.69, 9.17) is 5.73 Å². The third kappa shape index (κ3) is 1.67. The van der Waals surface area contributed by atoms with Gasteiger partial charge < -0.3 is 10.6 Å². The molecule has 1 aliphatic rings. The van der Waals surface area contributed by atoms with Crippen molar-refractivity contribution < 1.29 is 4.79 Å². The molecule has 0 spiro atoms. The van der Waals surface area contributed by atoms with Crippen molar-refractivity contribution >= 4 is 23.2 Å². The van der Waals surface area contributed by atoms with E-state index in [0.29, 0.717) is 6.54 Å². The highest BCUT2D eigenvalue weighted by Crippen LogP contribution is 2.33. The highest BCUT2D eigenvalue weighted by atomic mass is 32.1. The summed E-state index contributed by atoms with van der Waals surface area (Å²) in [6.45, 7) is 2.73. The monoisotopic (exact) mass is 263 g/mol. The molecule has 0 fully saturated rings. The van der Waals surface area contributed by atoms with E-state index in [2.05, 4.69) is 26.6 Å². The van der Waals surface area contributed by atoms with Gasteiger partial charge in [0.25, 0.3) is 5.91 Å². The van der Waals surface area contributed by atoms with E-state index in [0.717, 1.165) is 6.42 Å². The maximum Gasteiger partial charge on any atom is 0.291 e. The quantitative estimate of drug-likeness (QED) is 0.809. The fourth-order valence-corrected chi connectivity index (χ4v) is 3.26. The highest BCUT2D eigenvalue weighted by molar-refractivity contribution is 7.10. The van der Waals surface area contributed by atoms with Gasteiger partial charge in [-0.3, -0.25) is 9.89 Å². The van der Waals surface area contributed by atoms with Gasteiger partial charge in [-0.05, 0) is 30.4 Å². The van der Waals surface area contributed by atoms with Crippen LogP contribution in [-0.4, -0.2) is 32.5 Å². The Hall–Kier alpha value is -1.89. The Bertz CT molecular complexity index is 590. The third-order valence-corrected chi connectivity index (χ3v) is 4.24. The van der Waals surface area contributed by atoms with Crippen molar-refractivity contribution in [2.45, 2.75) is 19.4 Å². The van der Waals surface area contributed by atoms with E-state index < -0.39 is 0 Å². The zero-order valence-electron chi connectivity index (χ0n) is 9.88. The van der Waals surface area contributed by atoms with Crippen LogP contribution in [0.2, 0.25) is 0 Å². The van der Waals surface area contributed by atoms with E-state index in [-0.39, 0.29) is 23.7 Å². The molecule has 0 saturated heterocycles. The van der Waals surface area contributed by atoms with Crippen LogP contribution in [0, 0.1) is 0 Å². The summed E-state index contributed by atoms with van der Waals surface area (Å²) in [5, 5.41) is 8.33. The molecule has 1 amide bonds. The number of nitrogens with one attached hydrogen (secondary N) is 1. The molecule has 0 aromatic carbocycles. The topological polar surface area (TPSA) is 87.9 Å². The molecule has 0 bridgehead atoms. The molecular formula is C11H13N5OS. The summed E-state index contributed by atoms with van der Waals surface area (Å²) in [7, 11) is 0. The number of rotatable bonds is 1. The molecule has 7 heteroatoms. The second-order valence-corrected chi connectivity index (χ2v) is 5.27. The number of H-pyrrole nitrogens is 1. The van der Waals surface area contributed by atoms with Crippen molar-refractivity contribution in [3.8, 4) is 0 Å². The molecule has 18 heavy (non-hydrogen) atoms. The van der Waals surface area contributed by atoms with E-state index in [1.165, 1.54) is 10.4 Å². The van der Waals surface area contributed by atoms with Crippen LogP contribution in [0.15, 0.2) is 11.4 Å². The van der Waals surface area contributed by atoms with Crippen molar-refractivity contribution in [1.29, 1.82) is 0 Å². The zero-order chi connectivity index (χ0) is 12.7. The number of carbonyl (C=O) groups is 1. The van der Waals surface area contributed by atoms with Gasteiger partial charge in [0.2, 0.25) is 11.8 Å². The molecule has 0 saturated carbocycles. The minimum absolute atomic E-state index is 0.0684. The molecule has 6 nitrogen and oxygen atoms in total. The van der Waals surface area contributed by atoms with E-state index in [1.807, 2.05) is 6.92 Å². The van der Waals surface area contributed by atoms with Crippen molar-refractivity contribution in [1.82, 2.24) is 20.1 Å². The molecule has 2 aromatic heterocycles. The van der Waals surface area contributed by atoms with Crippen LogP contribution < -0.4 is 5.73 Å². The average molecular weight is 263 g/mol. The minimum Gasteiger partial charge on any atom is -0.366 e. The summed E-state index contributed by atoms with van der Waals surface area (Å²) in [4.78, 5) is 19.3. The van der Waals surface area contributed by atoms with Gasteiger partial charge in [-0.2, -0.15) is 4.98 Å². The lowest BCUT2D eigenvalue weighted by atomic mass is 10.0. The minimum atomic E-state index is -0.149. The van der Waals surface area contributed by atoms with Crippen LogP contribution in [-0.2, 0) is 6.42 Å². The summed E-state index contributed by atoms with van der Waals surface area (Å²) in [5.41, 5.74) is 6.65. The lowest BCUT2D eigenvalue weighted by Gasteiger charge is -2.32. The third-order valence-electron chi connectivity index (χ3n) is 3.24. The first-order chi connectivity index (χ1) is 8.66. The van der Waals surface area contributed by atoms with E-state index >= 15 is 0 Å². The van der Waals surface area contributed by atoms with E-state index in [9.17, 15) is 4.79 Å². The average Bonchev–Trinajstić information content (AvgIpc) is 2.97. The van der Waals surface area contributed by atoms with Gasteiger partial charge in [-0.15, -0.1) is 16.4 Å². The normalized spacial score (nSPS) is 18.7. The first-order valence-electron chi connectivity index (χ1n) is 5.72. The predicted octanol–water partition coefficient (Wildman–Crippen LogP) is 1.21. The Balaban J connectivity index is 1.88. The number of aromatic nitrogens is 3. The first-order valence-corrected chi connectivity index (χ1v) is 6.60. The fourth-order valence-electron chi connectivity index (χ4n) is 2.29. The number of nitrogens with two attached hydrogens (primary N) is 1. The molecular weight excluding hydrogens is 250 g/mol. The second kappa shape index (κ2) is 4.09. The number of carbonyl (C=O) groups excluding carboxylic acids is 1. The number of nitrogen functional groups attached to an aromatic ring is 1. The van der Waals surface area contributed by atoms with Gasteiger partial charge in [0.05, 0.1) is 6.04 Å². The Morgan fingerprint density at radius 1 is 1.67 bits per heavy atom. The van der Waals surface area contributed by atoms with Gasteiger partial charge in [0.1, 0.15) is 0 Å². The molecule has 94 valence electrons. The Morgan fingerprint density at radius 2 is 2.50 bits per heavy atom. The molecule has 2 aromatic rings. The molecule has 3 N–H and O–H groups in total. The standard InChI is InChI=1S/C11H13N5OS/c1-6-7-3-5-18-8(7)2-4-16(6)10(17)9-13-11(12)15-14-9/h3,5-6H,2,4H2,1H3,(H3,12,13,14,15). The molecule has 3 heterocycles. The summed E-state index contributed by atoms with van der Waals surface area (Å²) < 4.78 is 0.